The number of hydrogen-bond donors (Lipinski definition) is 3. The minimum atomic E-state index is -0.817. The number of aliphatic hydroxyl groups excluding tert-OH is 1. The number of anilines is 2. The highest BCUT2D eigenvalue weighted by molar-refractivity contribution is 8.02. The van der Waals surface area contributed by atoms with Crippen molar-refractivity contribution in [1.29, 1.82) is 0 Å². The molecule has 2 aromatic rings. The molecule has 3 fully saturated rings. The summed E-state index contributed by atoms with van der Waals surface area (Å²) in [6.07, 6.45) is 1.37. The average Bonchev–Trinajstić information content (AvgIpc) is 3.46. The van der Waals surface area contributed by atoms with Crippen LogP contribution in [-0.4, -0.2) is 63.0 Å². The van der Waals surface area contributed by atoms with Gasteiger partial charge < -0.3 is 25.4 Å². The fourth-order valence-corrected chi connectivity index (χ4v) is 9.01. The lowest BCUT2D eigenvalue weighted by molar-refractivity contribution is -0.142. The molecule has 202 valence electrons. The average molecular weight is 538 g/mol. The predicted octanol–water partition coefficient (Wildman–Crippen LogP) is 3.77. The quantitative estimate of drug-likeness (QED) is 0.473. The van der Waals surface area contributed by atoms with E-state index >= 15 is 0 Å². The summed E-state index contributed by atoms with van der Waals surface area (Å²) in [6, 6.07) is 14.9. The van der Waals surface area contributed by atoms with E-state index < -0.39 is 33.4 Å². The van der Waals surface area contributed by atoms with Crippen LogP contribution in [0.15, 0.2) is 54.6 Å². The van der Waals surface area contributed by atoms with Crippen LogP contribution in [0.2, 0.25) is 0 Å². The van der Waals surface area contributed by atoms with Gasteiger partial charge in [0, 0.05) is 16.1 Å². The third-order valence-electron chi connectivity index (χ3n) is 8.46. The number of benzene rings is 2. The van der Waals surface area contributed by atoms with Gasteiger partial charge in [-0.1, -0.05) is 32.0 Å². The molecule has 8 nitrogen and oxygen atoms in total. The molecule has 38 heavy (non-hydrogen) atoms. The van der Waals surface area contributed by atoms with Gasteiger partial charge in [-0.05, 0) is 62.1 Å². The number of carbonyl (C=O) groups excluding carboxylic acids is 3. The molecule has 1 spiro atoms. The van der Waals surface area contributed by atoms with E-state index in [2.05, 4.69) is 10.6 Å². The molecular weight excluding hydrogens is 502 g/mol. The number of carbonyl (C=O) groups is 3. The first-order chi connectivity index (χ1) is 18.1. The van der Waals surface area contributed by atoms with Crippen LogP contribution in [0.3, 0.4) is 0 Å². The van der Waals surface area contributed by atoms with E-state index in [1.54, 1.807) is 48.0 Å². The Hall–Kier alpha value is -3.04. The second-order valence-electron chi connectivity index (χ2n) is 11.0. The molecule has 2 bridgehead atoms. The van der Waals surface area contributed by atoms with Crippen LogP contribution in [0.25, 0.3) is 0 Å². The van der Waals surface area contributed by atoms with Crippen molar-refractivity contribution in [2.45, 2.75) is 55.2 Å². The lowest BCUT2D eigenvalue weighted by Crippen LogP contribution is -2.56. The van der Waals surface area contributed by atoms with Crippen molar-refractivity contribution < 1.29 is 24.2 Å². The molecule has 3 saturated heterocycles. The van der Waals surface area contributed by atoms with Crippen molar-refractivity contribution in [2.24, 2.45) is 17.8 Å². The Labute approximate surface area is 227 Å². The van der Waals surface area contributed by atoms with Gasteiger partial charge in [-0.3, -0.25) is 14.4 Å². The molecule has 3 amide bonds. The topological polar surface area (TPSA) is 108 Å². The Kier molecular flexibility index (Phi) is 6.94. The lowest BCUT2D eigenvalue weighted by atomic mass is 9.66. The monoisotopic (exact) mass is 537 g/mol. The highest BCUT2D eigenvalue weighted by atomic mass is 32.2. The van der Waals surface area contributed by atoms with Crippen LogP contribution in [0.4, 0.5) is 11.4 Å². The molecule has 3 heterocycles. The maximum absolute atomic E-state index is 14.3. The fourth-order valence-electron chi connectivity index (χ4n) is 6.67. The summed E-state index contributed by atoms with van der Waals surface area (Å²) in [5.41, 5.74) is 1.27. The number of rotatable bonds is 8. The van der Waals surface area contributed by atoms with E-state index in [9.17, 15) is 19.5 Å². The largest absolute Gasteiger partial charge is 0.497 e. The molecular formula is C29H35N3O5S. The second-order valence-corrected chi connectivity index (χ2v) is 12.9. The molecule has 3 aliphatic rings. The number of nitrogens with one attached hydrogen (secondary N) is 2. The van der Waals surface area contributed by atoms with Gasteiger partial charge in [0.05, 0.1) is 36.3 Å². The molecule has 0 saturated carbocycles. The number of amides is 3. The Bertz CT molecular complexity index is 1220. The van der Waals surface area contributed by atoms with Gasteiger partial charge in [0.1, 0.15) is 11.8 Å². The smallest absolute Gasteiger partial charge is 0.248 e. The summed E-state index contributed by atoms with van der Waals surface area (Å²) >= 11 is 1.61. The maximum Gasteiger partial charge on any atom is 0.248 e. The van der Waals surface area contributed by atoms with Gasteiger partial charge >= 0.3 is 0 Å². The van der Waals surface area contributed by atoms with Crippen LogP contribution in [0, 0.1) is 17.8 Å². The van der Waals surface area contributed by atoms with Gasteiger partial charge in [-0.25, -0.2) is 0 Å². The van der Waals surface area contributed by atoms with Crippen molar-refractivity contribution in [3.63, 3.8) is 0 Å². The Morgan fingerprint density at radius 1 is 1.05 bits per heavy atom. The molecule has 2 aromatic carbocycles. The predicted molar refractivity (Wildman–Crippen MR) is 148 cm³/mol. The van der Waals surface area contributed by atoms with E-state index in [0.717, 1.165) is 6.42 Å². The summed E-state index contributed by atoms with van der Waals surface area (Å²) in [7, 11) is 1.58. The van der Waals surface area contributed by atoms with Crippen molar-refractivity contribution >= 4 is 40.9 Å². The normalized spacial score (nSPS) is 30.3. The molecule has 5 rings (SSSR count). The summed E-state index contributed by atoms with van der Waals surface area (Å²) in [6.45, 7) is 5.65. The molecule has 2 unspecified atom stereocenters. The van der Waals surface area contributed by atoms with E-state index in [-0.39, 0.29) is 30.2 Å². The number of likely N-dealkylation sites (tertiary alicyclic amines) is 1. The molecule has 9 heteroatoms. The maximum atomic E-state index is 14.3. The fraction of sp³-hybridized carbons (Fsp3) is 0.483. The number of methoxy groups -OCH3 is 1. The zero-order valence-corrected chi connectivity index (χ0v) is 23.0. The Morgan fingerprint density at radius 3 is 2.29 bits per heavy atom. The molecule has 0 radical (unpaired) electrons. The molecule has 3 aliphatic heterocycles. The van der Waals surface area contributed by atoms with Crippen LogP contribution in [0.1, 0.15) is 33.6 Å². The summed E-state index contributed by atoms with van der Waals surface area (Å²) in [5, 5.41) is 16.4. The van der Waals surface area contributed by atoms with E-state index in [0.29, 0.717) is 23.5 Å². The number of fused-ring (bicyclic) bond motifs is 1. The number of ether oxygens (including phenoxy) is 1. The SMILES string of the molecule is COc1ccc(NC(=O)C2N([C@@H](CO)C(C)C)C(=O)[C@@H]3[C@H](C(=O)Nc4ccccc4)[C@]4(C)CCC23S4)cc1. The number of aliphatic hydroxyl groups is 1. The Morgan fingerprint density at radius 2 is 1.68 bits per heavy atom. The van der Waals surface area contributed by atoms with Gasteiger partial charge in [0.15, 0.2) is 0 Å². The Balaban J connectivity index is 1.53. The highest BCUT2D eigenvalue weighted by Gasteiger charge is 2.77. The minimum Gasteiger partial charge on any atom is -0.497 e. The van der Waals surface area contributed by atoms with Gasteiger partial charge in [0.25, 0.3) is 0 Å². The van der Waals surface area contributed by atoms with Crippen LogP contribution in [0.5, 0.6) is 5.75 Å². The van der Waals surface area contributed by atoms with E-state index in [1.807, 2.05) is 51.1 Å². The minimum absolute atomic E-state index is 0.0788. The first-order valence-corrected chi connectivity index (χ1v) is 13.9. The molecule has 3 N–H and O–H groups in total. The number of hydrogen-bond acceptors (Lipinski definition) is 6. The molecule has 0 aliphatic carbocycles. The summed E-state index contributed by atoms with van der Waals surface area (Å²) in [5.74, 6) is -1.39. The van der Waals surface area contributed by atoms with Crippen molar-refractivity contribution in [1.82, 2.24) is 4.90 Å². The van der Waals surface area contributed by atoms with Crippen LogP contribution >= 0.6 is 11.8 Å². The van der Waals surface area contributed by atoms with Crippen molar-refractivity contribution in [3.05, 3.63) is 54.6 Å². The number of para-hydroxylation sites is 1. The van der Waals surface area contributed by atoms with Crippen LogP contribution in [-0.2, 0) is 14.4 Å². The first kappa shape index (κ1) is 26.6. The molecule has 0 aromatic heterocycles. The lowest BCUT2D eigenvalue weighted by Gasteiger charge is -2.38. The third-order valence-corrected chi connectivity index (χ3v) is 10.4. The zero-order chi connectivity index (χ0) is 27.2. The number of thioether (sulfide) groups is 1. The highest BCUT2D eigenvalue weighted by Crippen LogP contribution is 2.71. The second kappa shape index (κ2) is 9.93. The number of nitrogens with zero attached hydrogens (tertiary/aromatic N) is 1. The zero-order valence-electron chi connectivity index (χ0n) is 22.1. The van der Waals surface area contributed by atoms with E-state index in [4.69, 9.17) is 4.74 Å². The van der Waals surface area contributed by atoms with Crippen molar-refractivity contribution in [3.8, 4) is 5.75 Å². The summed E-state index contributed by atoms with van der Waals surface area (Å²) < 4.78 is 3.99. The van der Waals surface area contributed by atoms with Crippen molar-refractivity contribution in [2.75, 3.05) is 24.4 Å². The summed E-state index contributed by atoms with van der Waals surface area (Å²) in [4.78, 5) is 43.6. The standard InChI is InChI=1S/C29H35N3O5S/c1-17(2)21(16-33)32-24(26(35)31-19-10-12-20(37-4)13-11-19)29-15-14-28(3,38-29)22(23(29)27(32)36)25(34)30-18-8-6-5-7-9-18/h5-13,17,21-24,33H,14-16H2,1-4H3,(H,30,34)(H,31,35)/t21-,22+,23-,24?,28-,29?/m0/s1. The third kappa shape index (κ3) is 4.16. The van der Waals surface area contributed by atoms with Gasteiger partial charge in [-0.2, -0.15) is 0 Å². The molecule has 6 atom stereocenters. The van der Waals surface area contributed by atoms with Gasteiger partial charge in [0.2, 0.25) is 17.7 Å². The van der Waals surface area contributed by atoms with Gasteiger partial charge in [-0.15, -0.1) is 11.8 Å². The van der Waals surface area contributed by atoms with E-state index in [1.165, 1.54) is 0 Å². The van der Waals surface area contributed by atoms with Crippen LogP contribution < -0.4 is 15.4 Å². The first-order valence-electron chi connectivity index (χ1n) is 13.1.